The van der Waals surface area contributed by atoms with Crippen LogP contribution >= 0.6 is 0 Å². The maximum atomic E-state index is 12.2. The van der Waals surface area contributed by atoms with Crippen LogP contribution in [0.25, 0.3) is 10.9 Å². The van der Waals surface area contributed by atoms with Crippen LogP contribution in [0.4, 0.5) is 5.69 Å². The second kappa shape index (κ2) is 5.08. The molecule has 5 N–H and O–H groups in total. The molecule has 3 rings (SSSR count). The van der Waals surface area contributed by atoms with Crippen molar-refractivity contribution in [2.45, 2.75) is 6.42 Å². The highest BCUT2D eigenvalue weighted by Gasteiger charge is 2.11. The summed E-state index contributed by atoms with van der Waals surface area (Å²) in [6, 6.07) is 5.47. The van der Waals surface area contributed by atoms with Crippen LogP contribution in [-0.4, -0.2) is 27.4 Å². The Bertz CT molecular complexity index is 729. The SMILES string of the molecule is Nc1ccc2[nH]cc(C(=O)NCCc3ncc[nH]3)c2c1. The monoisotopic (exact) mass is 269 g/mol. The number of amides is 1. The molecule has 2 heterocycles. The van der Waals surface area contributed by atoms with Gasteiger partial charge in [-0.25, -0.2) is 4.98 Å². The number of H-pyrrole nitrogens is 2. The fraction of sp³-hybridized carbons (Fsp3) is 0.143. The van der Waals surface area contributed by atoms with Crippen molar-refractivity contribution in [3.05, 3.63) is 48.2 Å². The highest BCUT2D eigenvalue weighted by Crippen LogP contribution is 2.20. The van der Waals surface area contributed by atoms with Crippen LogP contribution in [0, 0.1) is 0 Å². The summed E-state index contributed by atoms with van der Waals surface area (Å²) in [6.07, 6.45) is 5.83. The van der Waals surface area contributed by atoms with E-state index >= 15 is 0 Å². The molecule has 0 radical (unpaired) electrons. The van der Waals surface area contributed by atoms with Crippen LogP contribution in [0.5, 0.6) is 0 Å². The topological polar surface area (TPSA) is 99.6 Å². The number of benzene rings is 1. The number of carbonyl (C=O) groups excluding carboxylic acids is 1. The van der Waals surface area contributed by atoms with Gasteiger partial charge in [-0.05, 0) is 18.2 Å². The molecule has 0 bridgehead atoms. The van der Waals surface area contributed by atoms with Crippen LogP contribution in [0.15, 0.2) is 36.8 Å². The van der Waals surface area contributed by atoms with E-state index in [4.69, 9.17) is 5.73 Å². The van der Waals surface area contributed by atoms with Gasteiger partial charge in [0.15, 0.2) is 0 Å². The van der Waals surface area contributed by atoms with Gasteiger partial charge in [-0.15, -0.1) is 0 Å². The number of hydrogen-bond donors (Lipinski definition) is 4. The fourth-order valence-corrected chi connectivity index (χ4v) is 2.15. The Morgan fingerprint density at radius 1 is 1.35 bits per heavy atom. The molecule has 0 fully saturated rings. The Morgan fingerprint density at radius 3 is 3.05 bits per heavy atom. The molecule has 20 heavy (non-hydrogen) atoms. The van der Waals surface area contributed by atoms with E-state index in [1.165, 1.54) is 0 Å². The third-order valence-corrected chi connectivity index (χ3v) is 3.15. The van der Waals surface area contributed by atoms with Crippen molar-refractivity contribution in [3.8, 4) is 0 Å². The van der Waals surface area contributed by atoms with Gasteiger partial charge in [0.2, 0.25) is 0 Å². The number of nitrogen functional groups attached to an aromatic ring is 1. The maximum absolute atomic E-state index is 12.2. The largest absolute Gasteiger partial charge is 0.399 e. The van der Waals surface area contributed by atoms with Crippen LogP contribution in [0.1, 0.15) is 16.2 Å². The molecule has 2 aromatic heterocycles. The van der Waals surface area contributed by atoms with Crippen molar-refractivity contribution < 1.29 is 4.79 Å². The number of imidazole rings is 1. The van der Waals surface area contributed by atoms with E-state index in [1.807, 2.05) is 6.07 Å². The summed E-state index contributed by atoms with van der Waals surface area (Å²) in [7, 11) is 0. The lowest BCUT2D eigenvalue weighted by atomic mass is 10.1. The standard InChI is InChI=1S/C14H15N5O/c15-9-1-2-12-10(7-9)11(8-19-12)14(20)18-4-3-13-16-5-6-17-13/h1-2,5-8,19H,3-4,15H2,(H,16,17)(H,18,20). The molecule has 0 spiro atoms. The molecule has 0 unspecified atom stereocenters. The first-order valence-corrected chi connectivity index (χ1v) is 6.37. The van der Waals surface area contributed by atoms with Gasteiger partial charge in [0.05, 0.1) is 5.56 Å². The normalized spacial score (nSPS) is 10.8. The van der Waals surface area contributed by atoms with E-state index in [2.05, 4.69) is 20.3 Å². The van der Waals surface area contributed by atoms with Crippen molar-refractivity contribution in [3.63, 3.8) is 0 Å². The first kappa shape index (κ1) is 12.3. The van der Waals surface area contributed by atoms with Gasteiger partial charge < -0.3 is 21.0 Å². The Morgan fingerprint density at radius 2 is 2.25 bits per heavy atom. The smallest absolute Gasteiger partial charge is 0.253 e. The molecule has 0 saturated heterocycles. The average molecular weight is 269 g/mol. The Balaban J connectivity index is 1.70. The van der Waals surface area contributed by atoms with Crippen molar-refractivity contribution in [2.24, 2.45) is 0 Å². The summed E-state index contributed by atoms with van der Waals surface area (Å²) in [5, 5.41) is 3.71. The number of anilines is 1. The zero-order valence-corrected chi connectivity index (χ0v) is 10.8. The van der Waals surface area contributed by atoms with Gasteiger partial charge in [-0.1, -0.05) is 0 Å². The Hall–Kier alpha value is -2.76. The van der Waals surface area contributed by atoms with Crippen LogP contribution in [0.3, 0.4) is 0 Å². The van der Waals surface area contributed by atoms with E-state index in [-0.39, 0.29) is 5.91 Å². The molecule has 0 atom stereocenters. The van der Waals surface area contributed by atoms with Crippen molar-refractivity contribution in [1.82, 2.24) is 20.3 Å². The molecule has 3 aromatic rings. The molecular weight excluding hydrogens is 254 g/mol. The lowest BCUT2D eigenvalue weighted by Gasteiger charge is -2.03. The summed E-state index contributed by atoms with van der Waals surface area (Å²) in [4.78, 5) is 22.3. The van der Waals surface area contributed by atoms with E-state index < -0.39 is 0 Å². The number of nitrogens with one attached hydrogen (secondary N) is 3. The summed E-state index contributed by atoms with van der Waals surface area (Å²) in [6.45, 7) is 0.529. The second-order valence-electron chi connectivity index (χ2n) is 4.55. The summed E-state index contributed by atoms with van der Waals surface area (Å²) >= 11 is 0. The van der Waals surface area contributed by atoms with E-state index in [0.717, 1.165) is 16.7 Å². The highest BCUT2D eigenvalue weighted by atomic mass is 16.1. The molecule has 102 valence electrons. The van der Waals surface area contributed by atoms with Crippen molar-refractivity contribution in [1.29, 1.82) is 0 Å². The quantitative estimate of drug-likeness (QED) is 0.539. The highest BCUT2D eigenvalue weighted by molar-refractivity contribution is 6.07. The molecule has 6 heteroatoms. The third-order valence-electron chi connectivity index (χ3n) is 3.15. The van der Waals surface area contributed by atoms with Gasteiger partial charge in [0, 0.05) is 48.1 Å². The molecule has 1 aromatic carbocycles. The number of fused-ring (bicyclic) bond motifs is 1. The summed E-state index contributed by atoms with van der Waals surface area (Å²) in [5.41, 5.74) is 7.90. The molecule has 0 aliphatic carbocycles. The average Bonchev–Trinajstić information content (AvgIpc) is 3.07. The number of rotatable bonds is 4. The second-order valence-corrected chi connectivity index (χ2v) is 4.55. The van der Waals surface area contributed by atoms with Gasteiger partial charge >= 0.3 is 0 Å². The lowest BCUT2D eigenvalue weighted by molar-refractivity contribution is 0.0955. The number of nitrogens with zero attached hydrogens (tertiary/aromatic N) is 1. The maximum Gasteiger partial charge on any atom is 0.253 e. The van der Waals surface area contributed by atoms with Gasteiger partial charge in [-0.2, -0.15) is 0 Å². The van der Waals surface area contributed by atoms with Gasteiger partial charge in [0.25, 0.3) is 5.91 Å². The minimum atomic E-state index is -0.117. The first-order valence-electron chi connectivity index (χ1n) is 6.37. The predicted octanol–water partition coefficient (Wildman–Crippen LogP) is 1.45. The Kier molecular flexibility index (Phi) is 3.12. The molecular formula is C14H15N5O. The zero-order chi connectivity index (χ0) is 13.9. The van der Waals surface area contributed by atoms with E-state index in [1.54, 1.807) is 30.7 Å². The molecule has 1 amide bonds. The van der Waals surface area contributed by atoms with E-state index in [0.29, 0.717) is 24.2 Å². The van der Waals surface area contributed by atoms with Crippen molar-refractivity contribution in [2.75, 3.05) is 12.3 Å². The molecule has 0 aliphatic heterocycles. The fourth-order valence-electron chi connectivity index (χ4n) is 2.15. The lowest BCUT2D eigenvalue weighted by Crippen LogP contribution is -2.25. The Labute approximate surface area is 115 Å². The molecule has 0 aliphatic rings. The minimum Gasteiger partial charge on any atom is -0.399 e. The number of hydrogen-bond acceptors (Lipinski definition) is 3. The summed E-state index contributed by atoms with van der Waals surface area (Å²) in [5.74, 6) is 0.738. The van der Waals surface area contributed by atoms with Gasteiger partial charge in [0.1, 0.15) is 5.82 Å². The van der Waals surface area contributed by atoms with Crippen LogP contribution in [-0.2, 0) is 6.42 Å². The predicted molar refractivity (Wildman–Crippen MR) is 77.3 cm³/mol. The molecule has 0 saturated carbocycles. The summed E-state index contributed by atoms with van der Waals surface area (Å²) < 4.78 is 0. The van der Waals surface area contributed by atoms with E-state index in [9.17, 15) is 4.79 Å². The zero-order valence-electron chi connectivity index (χ0n) is 10.8. The number of carbonyl (C=O) groups is 1. The number of aromatic nitrogens is 3. The van der Waals surface area contributed by atoms with Gasteiger partial charge in [-0.3, -0.25) is 4.79 Å². The number of nitrogens with two attached hydrogens (primary N) is 1. The first-order chi connectivity index (χ1) is 9.74. The van der Waals surface area contributed by atoms with Crippen LogP contribution in [0.2, 0.25) is 0 Å². The number of aromatic amines is 2. The third kappa shape index (κ3) is 2.35. The van der Waals surface area contributed by atoms with Crippen molar-refractivity contribution >= 4 is 22.5 Å². The minimum absolute atomic E-state index is 0.117. The van der Waals surface area contributed by atoms with Crippen LogP contribution < -0.4 is 11.1 Å². The molecule has 6 nitrogen and oxygen atoms in total.